The Kier molecular flexibility index (Phi) is 3.61. The van der Waals surface area contributed by atoms with Crippen molar-refractivity contribution < 1.29 is 13.2 Å². The molecule has 0 aliphatic heterocycles. The van der Waals surface area contributed by atoms with Crippen LogP contribution in [0.2, 0.25) is 0 Å². The van der Waals surface area contributed by atoms with Crippen LogP contribution >= 0.6 is 0 Å². The molecule has 5 nitrogen and oxygen atoms in total. The molecule has 0 atom stereocenters. The fourth-order valence-corrected chi connectivity index (χ4v) is 2.69. The third kappa shape index (κ3) is 3.22. The van der Waals surface area contributed by atoms with Gasteiger partial charge in [0.1, 0.15) is 12.4 Å². The minimum Gasteiger partial charge on any atom is -0.492 e. The van der Waals surface area contributed by atoms with E-state index in [2.05, 4.69) is 0 Å². The molecule has 1 aliphatic carbocycles. The summed E-state index contributed by atoms with van der Waals surface area (Å²) in [6.45, 7) is 0.460. The van der Waals surface area contributed by atoms with E-state index >= 15 is 0 Å². The molecule has 0 heterocycles. The number of ether oxygens (including phenoxy) is 1. The lowest BCUT2D eigenvalue weighted by Gasteiger charge is -2.23. The first kappa shape index (κ1) is 13.3. The molecule has 0 saturated heterocycles. The number of hydrogen-bond donors (Lipinski definition) is 2. The quantitative estimate of drug-likeness (QED) is 0.852. The van der Waals surface area contributed by atoms with Crippen LogP contribution in [0.5, 0.6) is 5.75 Å². The van der Waals surface area contributed by atoms with Crippen molar-refractivity contribution in [2.45, 2.75) is 36.1 Å². The van der Waals surface area contributed by atoms with Gasteiger partial charge in [-0.05, 0) is 37.1 Å². The standard InChI is InChI=1S/C12H18N2O3S/c13-12(7-1-2-8-12)9-17-10-3-5-11(6-4-10)18(14,15)16/h3-6H,1-2,7-9,13H2,(H2,14,15,16). The number of hydrogen-bond acceptors (Lipinski definition) is 4. The van der Waals surface area contributed by atoms with Crippen LogP contribution in [0.3, 0.4) is 0 Å². The summed E-state index contributed by atoms with van der Waals surface area (Å²) in [5.41, 5.74) is 5.93. The first-order valence-corrected chi connectivity index (χ1v) is 7.48. The Morgan fingerprint density at radius 1 is 1.17 bits per heavy atom. The highest BCUT2D eigenvalue weighted by Gasteiger charge is 2.30. The molecule has 6 heteroatoms. The Morgan fingerprint density at radius 2 is 1.72 bits per heavy atom. The molecule has 18 heavy (non-hydrogen) atoms. The van der Waals surface area contributed by atoms with Gasteiger partial charge in [0, 0.05) is 0 Å². The molecule has 1 saturated carbocycles. The topological polar surface area (TPSA) is 95.4 Å². The van der Waals surface area contributed by atoms with Crippen molar-refractivity contribution >= 4 is 10.0 Å². The van der Waals surface area contributed by atoms with Crippen molar-refractivity contribution in [3.8, 4) is 5.75 Å². The minimum absolute atomic E-state index is 0.0816. The van der Waals surface area contributed by atoms with Crippen LogP contribution in [0, 0.1) is 0 Å². The molecule has 4 N–H and O–H groups in total. The molecule has 1 aliphatic rings. The van der Waals surface area contributed by atoms with Crippen LogP contribution in [0.4, 0.5) is 0 Å². The van der Waals surface area contributed by atoms with Gasteiger partial charge in [-0.15, -0.1) is 0 Å². The zero-order chi connectivity index (χ0) is 13.2. The Hall–Kier alpha value is -1.11. The van der Waals surface area contributed by atoms with Crippen molar-refractivity contribution in [2.75, 3.05) is 6.61 Å². The normalized spacial score (nSPS) is 18.8. The fourth-order valence-electron chi connectivity index (χ4n) is 2.18. The summed E-state index contributed by atoms with van der Waals surface area (Å²) in [4.78, 5) is 0.0816. The molecule has 0 radical (unpaired) electrons. The highest BCUT2D eigenvalue weighted by Crippen LogP contribution is 2.28. The Labute approximate surface area is 107 Å². The first-order valence-electron chi connectivity index (χ1n) is 5.94. The zero-order valence-electron chi connectivity index (χ0n) is 10.1. The fraction of sp³-hybridized carbons (Fsp3) is 0.500. The number of benzene rings is 1. The molecule has 0 amide bonds. The molecule has 0 bridgehead atoms. The molecule has 0 aromatic heterocycles. The maximum atomic E-state index is 11.1. The van der Waals surface area contributed by atoms with Crippen molar-refractivity contribution in [2.24, 2.45) is 10.9 Å². The minimum atomic E-state index is -3.64. The molecule has 0 unspecified atom stereocenters. The maximum absolute atomic E-state index is 11.1. The van der Waals surface area contributed by atoms with Crippen LogP contribution in [-0.4, -0.2) is 20.6 Å². The van der Waals surface area contributed by atoms with Gasteiger partial charge in [-0.3, -0.25) is 0 Å². The van der Waals surface area contributed by atoms with Crippen LogP contribution < -0.4 is 15.6 Å². The molecule has 1 aromatic carbocycles. The summed E-state index contributed by atoms with van der Waals surface area (Å²) in [6.07, 6.45) is 4.24. The van der Waals surface area contributed by atoms with Gasteiger partial charge in [0.15, 0.2) is 0 Å². The molecule has 1 fully saturated rings. The molecule has 1 aromatic rings. The van der Waals surface area contributed by atoms with E-state index in [1.54, 1.807) is 12.1 Å². The van der Waals surface area contributed by atoms with E-state index in [0.717, 1.165) is 25.7 Å². The second kappa shape index (κ2) is 4.87. The first-order chi connectivity index (χ1) is 8.39. The summed E-state index contributed by atoms with van der Waals surface area (Å²) >= 11 is 0. The average Bonchev–Trinajstić information content (AvgIpc) is 2.74. The third-order valence-electron chi connectivity index (χ3n) is 3.28. The smallest absolute Gasteiger partial charge is 0.238 e. The van der Waals surface area contributed by atoms with E-state index in [1.807, 2.05) is 0 Å². The number of rotatable bonds is 4. The second-order valence-corrected chi connectivity index (χ2v) is 6.44. The second-order valence-electron chi connectivity index (χ2n) is 4.87. The van der Waals surface area contributed by atoms with E-state index in [1.165, 1.54) is 12.1 Å². The van der Waals surface area contributed by atoms with Gasteiger partial charge in [0.2, 0.25) is 10.0 Å². The Balaban J connectivity index is 1.98. The molecular weight excluding hydrogens is 252 g/mol. The lowest BCUT2D eigenvalue weighted by atomic mass is 10.0. The highest BCUT2D eigenvalue weighted by molar-refractivity contribution is 7.89. The van der Waals surface area contributed by atoms with Gasteiger partial charge >= 0.3 is 0 Å². The molecule has 2 rings (SSSR count). The monoisotopic (exact) mass is 270 g/mol. The van der Waals surface area contributed by atoms with Crippen molar-refractivity contribution in [1.82, 2.24) is 0 Å². The van der Waals surface area contributed by atoms with Crippen LogP contribution in [0.1, 0.15) is 25.7 Å². The van der Waals surface area contributed by atoms with Gasteiger partial charge in [-0.25, -0.2) is 13.6 Å². The van der Waals surface area contributed by atoms with Crippen LogP contribution in [0.25, 0.3) is 0 Å². The predicted molar refractivity (Wildman–Crippen MR) is 68.7 cm³/mol. The van der Waals surface area contributed by atoms with Gasteiger partial charge in [-0.2, -0.15) is 0 Å². The third-order valence-corrected chi connectivity index (χ3v) is 4.21. The summed E-state index contributed by atoms with van der Waals surface area (Å²) in [7, 11) is -3.64. The van der Waals surface area contributed by atoms with Crippen molar-refractivity contribution in [1.29, 1.82) is 0 Å². The number of primary sulfonamides is 1. The van der Waals surface area contributed by atoms with Gasteiger partial charge < -0.3 is 10.5 Å². The Bertz CT molecular complexity index is 505. The van der Waals surface area contributed by atoms with Crippen LogP contribution in [0.15, 0.2) is 29.2 Å². The van der Waals surface area contributed by atoms with Crippen LogP contribution in [-0.2, 0) is 10.0 Å². The molecule has 0 spiro atoms. The summed E-state index contributed by atoms with van der Waals surface area (Å²) in [5, 5.41) is 5.01. The lowest BCUT2D eigenvalue weighted by molar-refractivity contribution is 0.220. The van der Waals surface area contributed by atoms with E-state index in [4.69, 9.17) is 15.6 Å². The summed E-state index contributed by atoms with van der Waals surface area (Å²) in [5.74, 6) is 0.610. The maximum Gasteiger partial charge on any atom is 0.238 e. The van der Waals surface area contributed by atoms with Gasteiger partial charge in [-0.1, -0.05) is 12.8 Å². The molecule has 100 valence electrons. The SMILES string of the molecule is NC1(COc2ccc(S(N)(=O)=O)cc2)CCCC1. The Morgan fingerprint density at radius 3 is 2.22 bits per heavy atom. The van der Waals surface area contributed by atoms with Gasteiger partial charge in [0.25, 0.3) is 0 Å². The van der Waals surface area contributed by atoms with E-state index in [9.17, 15) is 8.42 Å². The van der Waals surface area contributed by atoms with Crippen molar-refractivity contribution in [3.05, 3.63) is 24.3 Å². The zero-order valence-corrected chi connectivity index (χ0v) is 10.9. The number of sulfonamides is 1. The van der Waals surface area contributed by atoms with E-state index < -0.39 is 10.0 Å². The highest BCUT2D eigenvalue weighted by atomic mass is 32.2. The van der Waals surface area contributed by atoms with E-state index in [0.29, 0.717) is 12.4 Å². The van der Waals surface area contributed by atoms with Gasteiger partial charge in [0.05, 0.1) is 10.4 Å². The largest absolute Gasteiger partial charge is 0.492 e. The predicted octanol–water partition coefficient (Wildman–Crippen LogP) is 0.984. The van der Waals surface area contributed by atoms with E-state index in [-0.39, 0.29) is 10.4 Å². The average molecular weight is 270 g/mol. The molecular formula is C12H18N2O3S. The lowest BCUT2D eigenvalue weighted by Crippen LogP contribution is -2.42. The number of nitrogens with two attached hydrogens (primary N) is 2. The summed E-state index contributed by atoms with van der Waals surface area (Å²) < 4.78 is 27.8. The van der Waals surface area contributed by atoms with Crippen molar-refractivity contribution in [3.63, 3.8) is 0 Å². The summed E-state index contributed by atoms with van der Waals surface area (Å²) in [6, 6.07) is 6.06.